The smallest absolute Gasteiger partial charge is 0.171 e. The molecule has 5 rings (SSSR count). The summed E-state index contributed by atoms with van der Waals surface area (Å²) >= 11 is 1.70. The van der Waals surface area contributed by atoms with Crippen molar-refractivity contribution in [2.75, 3.05) is 6.26 Å². The van der Waals surface area contributed by atoms with Gasteiger partial charge >= 0.3 is 0 Å². The van der Waals surface area contributed by atoms with Gasteiger partial charge in [0, 0.05) is 22.1 Å². The zero-order valence-corrected chi connectivity index (χ0v) is 13.1. The zero-order valence-electron chi connectivity index (χ0n) is 12.2. The number of rotatable bonds is 1. The molecule has 110 valence electrons. The monoisotopic (exact) mass is 308 g/mol. The molecule has 0 radical (unpaired) electrons. The van der Waals surface area contributed by atoms with Gasteiger partial charge in [0.15, 0.2) is 5.78 Å². The number of hydrogen-bond donors (Lipinski definition) is 1. The number of ketones is 1. The van der Waals surface area contributed by atoms with Crippen LogP contribution in [-0.4, -0.2) is 17.1 Å². The number of phenolic OH excluding ortho intramolecular Hbond substituents is 1. The molecule has 22 heavy (non-hydrogen) atoms. The van der Waals surface area contributed by atoms with Crippen LogP contribution in [0, 0.1) is 17.8 Å². The van der Waals surface area contributed by atoms with E-state index in [4.69, 9.17) is 0 Å². The first-order valence-corrected chi connectivity index (χ1v) is 8.99. The van der Waals surface area contributed by atoms with Crippen LogP contribution >= 0.6 is 11.8 Å². The van der Waals surface area contributed by atoms with E-state index in [1.54, 1.807) is 11.8 Å². The lowest BCUT2D eigenvalue weighted by atomic mass is 9.83. The number of allylic oxidation sites excluding steroid dienone is 2. The van der Waals surface area contributed by atoms with Crippen molar-refractivity contribution in [3.63, 3.8) is 0 Å². The predicted octanol–water partition coefficient (Wildman–Crippen LogP) is 4.37. The Labute approximate surface area is 133 Å². The minimum atomic E-state index is 0.0543. The first kappa shape index (κ1) is 12.8. The van der Waals surface area contributed by atoms with E-state index in [1.807, 2.05) is 18.2 Å². The zero-order chi connectivity index (χ0) is 15.0. The predicted molar refractivity (Wildman–Crippen MR) is 88.7 cm³/mol. The van der Waals surface area contributed by atoms with E-state index in [1.165, 1.54) is 4.90 Å². The highest BCUT2D eigenvalue weighted by molar-refractivity contribution is 7.98. The molecule has 2 aromatic rings. The van der Waals surface area contributed by atoms with E-state index in [-0.39, 0.29) is 23.4 Å². The second-order valence-electron chi connectivity index (χ2n) is 6.58. The van der Waals surface area contributed by atoms with Crippen LogP contribution in [0.2, 0.25) is 0 Å². The van der Waals surface area contributed by atoms with Gasteiger partial charge in [0.2, 0.25) is 0 Å². The highest BCUT2D eigenvalue weighted by Gasteiger charge is 2.55. The first-order valence-electron chi connectivity index (χ1n) is 7.76. The molecule has 2 bridgehead atoms. The summed E-state index contributed by atoms with van der Waals surface area (Å²) in [5.74, 6) is 1.52. The number of fused-ring (bicyclic) bond motifs is 8. The molecule has 3 aliphatic rings. The molecule has 3 aliphatic carbocycles. The summed E-state index contributed by atoms with van der Waals surface area (Å²) in [5.41, 5.74) is 1.73. The molecule has 1 N–H and O–H groups in total. The molecule has 2 nitrogen and oxygen atoms in total. The van der Waals surface area contributed by atoms with Crippen LogP contribution in [0.15, 0.2) is 41.3 Å². The van der Waals surface area contributed by atoms with Gasteiger partial charge in [-0.1, -0.05) is 36.4 Å². The largest absolute Gasteiger partial charge is 0.507 e. The van der Waals surface area contributed by atoms with Gasteiger partial charge in [-0.3, -0.25) is 4.79 Å². The summed E-state index contributed by atoms with van der Waals surface area (Å²) in [6.07, 6.45) is 7.66. The molecule has 0 aromatic heterocycles. The number of hydrogen-bond acceptors (Lipinski definition) is 3. The molecule has 1 saturated carbocycles. The first-order chi connectivity index (χ1) is 10.7. The van der Waals surface area contributed by atoms with Crippen molar-refractivity contribution in [3.8, 4) is 5.75 Å². The normalized spacial score (nSPS) is 31.0. The topological polar surface area (TPSA) is 37.3 Å². The van der Waals surface area contributed by atoms with Crippen LogP contribution < -0.4 is 0 Å². The molecule has 2 aromatic carbocycles. The summed E-state index contributed by atoms with van der Waals surface area (Å²) in [6, 6.07) is 7.90. The van der Waals surface area contributed by atoms with Crippen LogP contribution in [0.25, 0.3) is 10.8 Å². The second kappa shape index (κ2) is 4.17. The number of carbonyl (C=O) groups excluding carboxylic acids is 1. The van der Waals surface area contributed by atoms with Crippen LogP contribution in [0.1, 0.15) is 28.3 Å². The Bertz CT molecular complexity index is 867. The Morgan fingerprint density at radius 2 is 1.77 bits per heavy atom. The number of benzene rings is 2. The molecular formula is C19H16O2S. The van der Waals surface area contributed by atoms with Gasteiger partial charge in [0.1, 0.15) is 5.75 Å². The molecule has 0 amide bonds. The average molecular weight is 308 g/mol. The van der Waals surface area contributed by atoms with Crippen LogP contribution in [0.3, 0.4) is 0 Å². The third kappa shape index (κ3) is 1.32. The standard InChI is InChI=1S/C19H16O2S/c1-22-19-12-5-3-2-4-11(12)17(20)16-15(19)13-9-6-7-10(8-9)14(13)18(16)21/h2-7,9-10,13-14,20H,8H2,1H3. The summed E-state index contributed by atoms with van der Waals surface area (Å²) < 4.78 is 0. The Kier molecular flexibility index (Phi) is 2.42. The van der Waals surface area contributed by atoms with Gasteiger partial charge in [0.05, 0.1) is 5.56 Å². The van der Waals surface area contributed by atoms with Crippen molar-refractivity contribution in [2.24, 2.45) is 17.8 Å². The highest BCUT2D eigenvalue weighted by atomic mass is 32.2. The fraction of sp³-hybridized carbons (Fsp3) is 0.316. The minimum absolute atomic E-state index is 0.0543. The number of carbonyl (C=O) groups is 1. The molecule has 0 heterocycles. The van der Waals surface area contributed by atoms with Crippen LogP contribution in [0.4, 0.5) is 0 Å². The van der Waals surface area contributed by atoms with Gasteiger partial charge in [0.25, 0.3) is 0 Å². The van der Waals surface area contributed by atoms with Gasteiger partial charge < -0.3 is 5.11 Å². The number of thioether (sulfide) groups is 1. The maximum absolute atomic E-state index is 13.0. The van der Waals surface area contributed by atoms with Crippen LogP contribution in [-0.2, 0) is 0 Å². The lowest BCUT2D eigenvalue weighted by Crippen LogP contribution is -2.18. The van der Waals surface area contributed by atoms with E-state index in [2.05, 4.69) is 24.5 Å². The van der Waals surface area contributed by atoms with Crippen molar-refractivity contribution >= 4 is 28.3 Å². The number of aromatic hydroxyl groups is 1. The Morgan fingerprint density at radius 3 is 2.50 bits per heavy atom. The third-order valence-electron chi connectivity index (χ3n) is 5.72. The van der Waals surface area contributed by atoms with E-state index in [0.717, 1.165) is 22.8 Å². The van der Waals surface area contributed by atoms with Crippen LogP contribution in [0.5, 0.6) is 5.75 Å². The summed E-state index contributed by atoms with van der Waals surface area (Å²) in [7, 11) is 0. The summed E-state index contributed by atoms with van der Waals surface area (Å²) in [6.45, 7) is 0. The SMILES string of the molecule is CSc1c2c(c(O)c3ccccc13)C(=O)C1C3C=CC(C3)C21. The maximum Gasteiger partial charge on any atom is 0.171 e. The van der Waals surface area contributed by atoms with Gasteiger partial charge in [-0.25, -0.2) is 0 Å². The Morgan fingerprint density at radius 1 is 1.09 bits per heavy atom. The van der Waals surface area contributed by atoms with Gasteiger partial charge in [-0.05, 0) is 35.5 Å². The Hall–Kier alpha value is -1.74. The van der Waals surface area contributed by atoms with Gasteiger partial charge in [-0.15, -0.1) is 11.8 Å². The molecular weight excluding hydrogens is 292 g/mol. The number of Topliss-reactive ketones (excluding diaryl/α,β-unsaturated/α-hetero) is 1. The summed E-state index contributed by atoms with van der Waals surface area (Å²) in [4.78, 5) is 14.2. The van der Waals surface area contributed by atoms with E-state index in [9.17, 15) is 9.90 Å². The maximum atomic E-state index is 13.0. The summed E-state index contributed by atoms with van der Waals surface area (Å²) in [5, 5.41) is 12.6. The number of phenols is 1. The molecule has 4 unspecified atom stereocenters. The molecule has 0 saturated heterocycles. The lowest BCUT2D eigenvalue weighted by molar-refractivity contribution is 0.0909. The molecule has 1 fully saturated rings. The third-order valence-corrected chi connectivity index (χ3v) is 6.57. The van der Waals surface area contributed by atoms with E-state index < -0.39 is 0 Å². The second-order valence-corrected chi connectivity index (χ2v) is 7.40. The molecule has 0 spiro atoms. The van der Waals surface area contributed by atoms with Crippen molar-refractivity contribution in [3.05, 3.63) is 47.5 Å². The van der Waals surface area contributed by atoms with Crippen molar-refractivity contribution in [2.45, 2.75) is 17.2 Å². The quantitative estimate of drug-likeness (QED) is 0.628. The van der Waals surface area contributed by atoms with Gasteiger partial charge in [-0.2, -0.15) is 0 Å². The fourth-order valence-corrected chi connectivity index (χ4v) is 5.79. The highest BCUT2D eigenvalue weighted by Crippen LogP contribution is 2.62. The Balaban J connectivity index is 1.91. The minimum Gasteiger partial charge on any atom is -0.507 e. The van der Waals surface area contributed by atoms with Crippen molar-refractivity contribution in [1.29, 1.82) is 0 Å². The van der Waals surface area contributed by atoms with E-state index >= 15 is 0 Å². The van der Waals surface area contributed by atoms with E-state index in [0.29, 0.717) is 17.4 Å². The lowest BCUT2D eigenvalue weighted by Gasteiger charge is -2.22. The van der Waals surface area contributed by atoms with Crippen molar-refractivity contribution < 1.29 is 9.90 Å². The molecule has 3 heteroatoms. The molecule has 4 atom stereocenters. The van der Waals surface area contributed by atoms with Crippen molar-refractivity contribution in [1.82, 2.24) is 0 Å². The fourth-order valence-electron chi connectivity index (χ4n) is 4.94. The average Bonchev–Trinajstić information content (AvgIpc) is 3.21. The molecule has 0 aliphatic heterocycles.